The molecule has 3 aromatic rings. The highest BCUT2D eigenvalue weighted by Crippen LogP contribution is 2.29. The number of carbonyl (C=O) groups excluding carboxylic acids is 2. The van der Waals surface area contributed by atoms with Gasteiger partial charge in [-0.2, -0.15) is 0 Å². The minimum atomic E-state index is -0.392. The molecule has 5 rings (SSSR count). The minimum Gasteiger partial charge on any atom is -0.495 e. The maximum absolute atomic E-state index is 11.8. The smallest absolute Gasteiger partial charge is 0.290 e. The molecule has 2 saturated heterocycles. The second-order valence-corrected chi connectivity index (χ2v) is 10.3. The van der Waals surface area contributed by atoms with Crippen molar-refractivity contribution in [2.75, 3.05) is 31.6 Å². The molecule has 0 unspecified atom stereocenters. The molecule has 2 N–H and O–H groups in total. The van der Waals surface area contributed by atoms with E-state index < -0.39 is 5.91 Å². The molecule has 12 heteroatoms. The summed E-state index contributed by atoms with van der Waals surface area (Å²) in [5.41, 5.74) is 4.00. The number of amides is 2. The Balaban J connectivity index is 1.16. The van der Waals surface area contributed by atoms with Crippen molar-refractivity contribution in [1.29, 1.82) is 0 Å². The van der Waals surface area contributed by atoms with Gasteiger partial charge in [-0.1, -0.05) is 5.16 Å². The van der Waals surface area contributed by atoms with E-state index in [1.54, 1.807) is 25.4 Å². The van der Waals surface area contributed by atoms with Gasteiger partial charge in [0.05, 0.1) is 40.4 Å². The molecule has 0 radical (unpaired) electrons. The lowest BCUT2D eigenvalue weighted by molar-refractivity contribution is -0.115. The minimum absolute atomic E-state index is 0.341. The van der Waals surface area contributed by atoms with Crippen LogP contribution >= 0.6 is 11.8 Å². The van der Waals surface area contributed by atoms with Gasteiger partial charge in [-0.05, 0) is 75.2 Å². The molecule has 198 valence electrons. The van der Waals surface area contributed by atoms with Gasteiger partial charge in [-0.25, -0.2) is 15.0 Å². The van der Waals surface area contributed by atoms with E-state index >= 15 is 0 Å². The van der Waals surface area contributed by atoms with Crippen LogP contribution in [0.3, 0.4) is 0 Å². The molecule has 2 aliphatic heterocycles. The molecule has 38 heavy (non-hydrogen) atoms. The number of rotatable bonds is 8. The Bertz CT molecular complexity index is 1360. The van der Waals surface area contributed by atoms with Crippen LogP contribution in [-0.4, -0.2) is 58.0 Å². The van der Waals surface area contributed by atoms with Gasteiger partial charge in [-0.15, -0.1) is 0 Å². The first-order valence-electron chi connectivity index (χ1n) is 12.4. The van der Waals surface area contributed by atoms with Crippen molar-refractivity contribution in [2.45, 2.75) is 33.2 Å². The number of piperidine rings is 1. The van der Waals surface area contributed by atoms with Crippen molar-refractivity contribution in [2.24, 2.45) is 5.92 Å². The quantitative estimate of drug-likeness (QED) is 0.410. The summed E-state index contributed by atoms with van der Waals surface area (Å²) >= 11 is 0.881. The number of ether oxygens (including phenoxy) is 1. The Morgan fingerprint density at radius 1 is 1.21 bits per heavy atom. The number of hydrogen-bond donors (Lipinski definition) is 2. The zero-order chi connectivity index (χ0) is 26.6. The molecular weight excluding hydrogens is 506 g/mol. The Kier molecular flexibility index (Phi) is 7.70. The summed E-state index contributed by atoms with van der Waals surface area (Å²) in [4.78, 5) is 39.6. The highest BCUT2D eigenvalue weighted by molar-refractivity contribution is 8.18. The zero-order valence-corrected chi connectivity index (χ0v) is 22.3. The van der Waals surface area contributed by atoms with Crippen LogP contribution in [0.2, 0.25) is 0 Å². The Labute approximate surface area is 224 Å². The number of methoxy groups -OCH3 is 1. The monoisotopic (exact) mass is 535 g/mol. The van der Waals surface area contributed by atoms with E-state index in [1.807, 2.05) is 26.0 Å². The van der Waals surface area contributed by atoms with Crippen molar-refractivity contribution in [3.63, 3.8) is 0 Å². The average molecular weight is 536 g/mol. The lowest BCUT2D eigenvalue weighted by atomic mass is 9.97. The summed E-state index contributed by atoms with van der Waals surface area (Å²) in [6.45, 7) is 6.93. The second kappa shape index (κ2) is 11.3. The van der Waals surface area contributed by atoms with Gasteiger partial charge in [0.1, 0.15) is 11.5 Å². The Morgan fingerprint density at radius 3 is 2.71 bits per heavy atom. The number of thioether (sulfide) groups is 1. The fraction of sp³-hybridized carbons (Fsp3) is 0.385. The molecule has 11 nitrogen and oxygen atoms in total. The molecule has 3 aromatic heterocycles. The van der Waals surface area contributed by atoms with Crippen LogP contribution in [0.5, 0.6) is 5.75 Å². The number of anilines is 1. The summed E-state index contributed by atoms with van der Waals surface area (Å²) in [5.74, 6) is 2.24. The van der Waals surface area contributed by atoms with Crippen molar-refractivity contribution in [3.8, 4) is 17.0 Å². The summed E-state index contributed by atoms with van der Waals surface area (Å²) < 4.78 is 10.8. The van der Waals surface area contributed by atoms with E-state index in [-0.39, 0.29) is 5.24 Å². The average Bonchev–Trinajstić information content (AvgIpc) is 3.42. The SMILES string of the molecule is COc1ccc(-c2c(C)noc2C)nc1CNCC1CCN(c2nccc(C=C3SC(=O)NC3=O)n2)CC1. The van der Waals surface area contributed by atoms with Crippen LogP contribution in [0.25, 0.3) is 17.3 Å². The number of hydrogen-bond acceptors (Lipinski definition) is 11. The van der Waals surface area contributed by atoms with Gasteiger partial charge < -0.3 is 19.5 Å². The predicted octanol–water partition coefficient (Wildman–Crippen LogP) is 3.48. The lowest BCUT2D eigenvalue weighted by Gasteiger charge is -2.32. The molecule has 2 amide bonds. The highest BCUT2D eigenvalue weighted by atomic mass is 32.2. The van der Waals surface area contributed by atoms with E-state index in [9.17, 15) is 9.59 Å². The molecule has 0 atom stereocenters. The van der Waals surface area contributed by atoms with Gasteiger partial charge in [-0.3, -0.25) is 14.9 Å². The van der Waals surface area contributed by atoms with Crippen LogP contribution in [0.15, 0.2) is 33.8 Å². The third kappa shape index (κ3) is 5.70. The molecule has 5 heterocycles. The first-order chi connectivity index (χ1) is 18.4. The van der Waals surface area contributed by atoms with Crippen LogP contribution < -0.4 is 20.3 Å². The van der Waals surface area contributed by atoms with Gasteiger partial charge >= 0.3 is 0 Å². The number of pyridine rings is 1. The fourth-order valence-electron chi connectivity index (χ4n) is 4.67. The normalized spacial score (nSPS) is 17.3. The second-order valence-electron chi connectivity index (χ2n) is 9.24. The predicted molar refractivity (Wildman–Crippen MR) is 144 cm³/mol. The topological polar surface area (TPSA) is 135 Å². The third-order valence-electron chi connectivity index (χ3n) is 6.65. The van der Waals surface area contributed by atoms with E-state index in [4.69, 9.17) is 14.2 Å². The summed E-state index contributed by atoms with van der Waals surface area (Å²) in [6.07, 6.45) is 5.30. The van der Waals surface area contributed by atoms with Crippen molar-refractivity contribution in [3.05, 3.63) is 52.1 Å². The molecule has 0 saturated carbocycles. The Morgan fingerprint density at radius 2 is 2.03 bits per heavy atom. The van der Waals surface area contributed by atoms with Crippen LogP contribution in [0, 0.1) is 19.8 Å². The summed E-state index contributed by atoms with van der Waals surface area (Å²) in [5, 5.41) is 9.49. The number of imide groups is 1. The number of aryl methyl sites for hydroxylation is 2. The molecular formula is C26H29N7O4S. The van der Waals surface area contributed by atoms with Crippen molar-refractivity contribution >= 4 is 34.9 Å². The van der Waals surface area contributed by atoms with Crippen molar-refractivity contribution < 1.29 is 18.8 Å². The van der Waals surface area contributed by atoms with Gasteiger partial charge in [0.15, 0.2) is 0 Å². The maximum Gasteiger partial charge on any atom is 0.290 e. The van der Waals surface area contributed by atoms with Crippen LogP contribution in [-0.2, 0) is 11.3 Å². The van der Waals surface area contributed by atoms with E-state index in [0.717, 1.165) is 78.4 Å². The number of aromatic nitrogens is 4. The maximum atomic E-state index is 11.8. The van der Waals surface area contributed by atoms with Gasteiger partial charge in [0, 0.05) is 25.8 Å². The number of nitrogens with one attached hydrogen (secondary N) is 2. The summed E-state index contributed by atoms with van der Waals surface area (Å²) in [7, 11) is 1.65. The number of nitrogens with zero attached hydrogens (tertiary/aromatic N) is 5. The van der Waals surface area contributed by atoms with E-state index in [2.05, 4.69) is 30.7 Å². The number of carbonyl (C=O) groups is 2. The molecule has 0 aliphatic carbocycles. The fourth-order valence-corrected chi connectivity index (χ4v) is 5.34. The van der Waals surface area contributed by atoms with Gasteiger partial charge in [0.25, 0.3) is 11.1 Å². The molecule has 2 fully saturated rings. The zero-order valence-electron chi connectivity index (χ0n) is 21.5. The van der Waals surface area contributed by atoms with Crippen LogP contribution in [0.4, 0.5) is 10.7 Å². The molecule has 0 aromatic carbocycles. The van der Waals surface area contributed by atoms with E-state index in [0.29, 0.717) is 29.0 Å². The first kappa shape index (κ1) is 25.9. The first-order valence-corrected chi connectivity index (χ1v) is 13.2. The largest absolute Gasteiger partial charge is 0.495 e. The third-order valence-corrected chi connectivity index (χ3v) is 7.46. The standard InChI is InChI=1S/C26H29N7O4S/c1-15-23(16(2)37-32-15)19-4-5-21(36-3)20(30-19)14-27-13-17-7-10-33(11-8-17)25-28-9-6-18(29-25)12-22-24(34)31-26(35)38-22/h4-6,9,12,17,27H,7-8,10-11,13-14H2,1-3H3,(H,31,34,35). The molecule has 0 bridgehead atoms. The molecule has 0 spiro atoms. The lowest BCUT2D eigenvalue weighted by Crippen LogP contribution is -2.38. The Hall–Kier alpha value is -3.77. The highest BCUT2D eigenvalue weighted by Gasteiger charge is 2.26. The summed E-state index contributed by atoms with van der Waals surface area (Å²) in [6, 6.07) is 5.59. The van der Waals surface area contributed by atoms with E-state index in [1.165, 1.54) is 0 Å². The molecule has 2 aliphatic rings. The van der Waals surface area contributed by atoms with Crippen LogP contribution in [0.1, 0.15) is 35.7 Å². The van der Waals surface area contributed by atoms with Gasteiger partial charge in [0.2, 0.25) is 5.95 Å². The van der Waals surface area contributed by atoms with Crippen molar-refractivity contribution in [1.82, 2.24) is 30.7 Å².